The Balaban J connectivity index is 0.000000173. The van der Waals surface area contributed by atoms with Gasteiger partial charge in [0, 0.05) is 87.7 Å². The van der Waals surface area contributed by atoms with Crippen LogP contribution in [0.2, 0.25) is 0 Å². The van der Waals surface area contributed by atoms with Crippen molar-refractivity contribution in [2.45, 2.75) is 6.61 Å². The Morgan fingerprint density at radius 3 is 1.34 bits per heavy atom. The van der Waals surface area contributed by atoms with Crippen LogP contribution < -0.4 is 43.3 Å². The van der Waals surface area contributed by atoms with Gasteiger partial charge < -0.3 is 43.3 Å². The van der Waals surface area contributed by atoms with Crippen LogP contribution >= 0.6 is 15.9 Å². The summed E-state index contributed by atoms with van der Waals surface area (Å²) in [6.07, 6.45) is 10.2. The first-order valence-corrected chi connectivity index (χ1v) is 20.4. The fraction of sp³-hybridized carbons (Fsp3) is 0.302. The van der Waals surface area contributed by atoms with Crippen molar-refractivity contribution in [2.24, 2.45) is 0 Å². The van der Waals surface area contributed by atoms with E-state index in [4.69, 9.17) is 23.7 Å². The van der Waals surface area contributed by atoms with Gasteiger partial charge in [-0.1, -0.05) is 30.3 Å². The minimum atomic E-state index is 0.492. The van der Waals surface area contributed by atoms with Gasteiger partial charge in [-0.25, -0.2) is 39.9 Å². The van der Waals surface area contributed by atoms with Crippen molar-refractivity contribution < 1.29 is 23.7 Å². The zero-order valence-corrected chi connectivity index (χ0v) is 35.9. The smallest absolute Gasteiger partial charge is 0.225 e. The fourth-order valence-electron chi connectivity index (χ4n) is 7.24. The molecule has 2 aliphatic rings. The first-order chi connectivity index (χ1) is 29.9. The maximum absolute atomic E-state index is 5.80. The molecule has 314 valence electrons. The molecule has 17 nitrogen and oxygen atoms in total. The molecule has 0 spiro atoms. The molecule has 0 N–H and O–H groups in total. The number of fused-ring (bicyclic) bond motifs is 2. The van der Waals surface area contributed by atoms with E-state index in [1.165, 1.54) is 0 Å². The van der Waals surface area contributed by atoms with Crippen molar-refractivity contribution in [1.82, 2.24) is 39.9 Å². The molecule has 2 aliphatic heterocycles. The first kappa shape index (κ1) is 40.9. The lowest BCUT2D eigenvalue weighted by molar-refractivity contribution is 0.303. The number of halogens is 1. The lowest BCUT2D eigenvalue weighted by atomic mass is 10.2. The zero-order chi connectivity index (χ0) is 42.1. The predicted molar refractivity (Wildman–Crippen MR) is 237 cm³/mol. The molecule has 0 atom stereocenters. The highest BCUT2D eigenvalue weighted by Crippen LogP contribution is 2.36. The molecule has 6 heterocycles. The van der Waals surface area contributed by atoms with E-state index in [1.807, 2.05) is 54.6 Å². The molecule has 3 aromatic carbocycles. The largest absolute Gasteiger partial charge is 0.493 e. The van der Waals surface area contributed by atoms with Gasteiger partial charge in [0.15, 0.2) is 28.7 Å². The number of aromatic nitrogens is 8. The van der Waals surface area contributed by atoms with E-state index in [2.05, 4.69) is 75.4 Å². The normalized spacial score (nSPS) is 14.0. The highest BCUT2D eigenvalue weighted by atomic mass is 79.9. The van der Waals surface area contributed by atoms with Crippen molar-refractivity contribution in [3.8, 4) is 28.7 Å². The Morgan fingerprint density at radius 2 is 0.902 bits per heavy atom. The number of nitrogens with zero attached hydrogens (tertiary/aromatic N) is 12. The second-order valence-electron chi connectivity index (χ2n) is 14.0. The minimum absolute atomic E-state index is 0.492. The van der Waals surface area contributed by atoms with Crippen molar-refractivity contribution in [2.75, 3.05) is 100 Å². The molecule has 0 unspecified atom stereocenters. The summed E-state index contributed by atoms with van der Waals surface area (Å²) in [6.45, 7) is 6.91. The maximum atomic E-state index is 5.80. The highest BCUT2D eigenvalue weighted by molar-refractivity contribution is 9.10. The van der Waals surface area contributed by atoms with Crippen LogP contribution in [0.4, 0.5) is 23.5 Å². The van der Waals surface area contributed by atoms with Crippen LogP contribution in [0.3, 0.4) is 0 Å². The van der Waals surface area contributed by atoms with Gasteiger partial charge in [-0.05, 0) is 33.6 Å². The Morgan fingerprint density at radius 1 is 0.492 bits per heavy atom. The van der Waals surface area contributed by atoms with Gasteiger partial charge in [-0.15, -0.1) is 0 Å². The predicted octanol–water partition coefficient (Wildman–Crippen LogP) is 5.87. The lowest BCUT2D eigenvalue weighted by Crippen LogP contribution is -2.47. The molecule has 0 radical (unpaired) electrons. The van der Waals surface area contributed by atoms with E-state index in [-0.39, 0.29) is 0 Å². The van der Waals surface area contributed by atoms with Gasteiger partial charge in [-0.2, -0.15) is 0 Å². The average molecular weight is 890 g/mol. The zero-order valence-electron chi connectivity index (χ0n) is 34.3. The minimum Gasteiger partial charge on any atom is -0.493 e. The third kappa shape index (κ3) is 9.33. The summed E-state index contributed by atoms with van der Waals surface area (Å²) in [5, 5.41) is 1.88. The number of benzene rings is 3. The summed E-state index contributed by atoms with van der Waals surface area (Å²) in [4.78, 5) is 44.6. The van der Waals surface area contributed by atoms with Crippen molar-refractivity contribution in [1.29, 1.82) is 0 Å². The summed E-state index contributed by atoms with van der Waals surface area (Å²) >= 11 is 3.37. The summed E-state index contributed by atoms with van der Waals surface area (Å²) in [6, 6.07) is 17.7. The van der Waals surface area contributed by atoms with Crippen LogP contribution in [0.25, 0.3) is 21.8 Å². The second kappa shape index (κ2) is 19.1. The molecular formula is C43H45BrN12O5. The molecule has 0 saturated carbocycles. The summed E-state index contributed by atoms with van der Waals surface area (Å²) in [5.41, 5.74) is 2.76. The van der Waals surface area contributed by atoms with Gasteiger partial charge in [0.2, 0.25) is 11.9 Å². The van der Waals surface area contributed by atoms with Crippen molar-refractivity contribution in [3.63, 3.8) is 0 Å². The van der Waals surface area contributed by atoms with Crippen molar-refractivity contribution >= 4 is 61.3 Å². The lowest BCUT2D eigenvalue weighted by Gasteiger charge is -2.35. The highest BCUT2D eigenvalue weighted by Gasteiger charge is 2.24. The van der Waals surface area contributed by atoms with Gasteiger partial charge in [0.25, 0.3) is 0 Å². The average Bonchev–Trinajstić information content (AvgIpc) is 3.33. The van der Waals surface area contributed by atoms with Gasteiger partial charge in [0.05, 0.1) is 56.3 Å². The molecule has 9 rings (SSSR count). The van der Waals surface area contributed by atoms with Gasteiger partial charge in [-0.3, -0.25) is 0 Å². The number of hydrogen-bond donors (Lipinski definition) is 0. The molecule has 2 saturated heterocycles. The number of piperazine rings is 2. The molecule has 61 heavy (non-hydrogen) atoms. The number of hydrogen-bond acceptors (Lipinski definition) is 17. The Hall–Kier alpha value is -6.82. The Kier molecular flexibility index (Phi) is 12.8. The molecule has 0 aliphatic carbocycles. The first-order valence-electron chi connectivity index (χ1n) is 19.6. The molecule has 0 bridgehead atoms. The Labute approximate surface area is 361 Å². The van der Waals surface area contributed by atoms with Crippen LogP contribution in [0.1, 0.15) is 5.56 Å². The van der Waals surface area contributed by atoms with Crippen LogP contribution in [-0.2, 0) is 6.61 Å². The quantitative estimate of drug-likeness (QED) is 0.152. The third-order valence-electron chi connectivity index (χ3n) is 10.4. The molecule has 7 aromatic rings. The molecule has 2 fully saturated rings. The van der Waals surface area contributed by atoms with E-state index in [9.17, 15) is 0 Å². The topological polar surface area (TPSA) is 162 Å². The van der Waals surface area contributed by atoms with Crippen LogP contribution in [-0.4, -0.2) is 121 Å². The summed E-state index contributed by atoms with van der Waals surface area (Å²) in [7, 11) is 6.50. The standard InChI is InChI=1S/C25H26N6O3.C18H19BrN6O2/c1-32-22-12-20-21(13-23(22)33-2)28-17-29-24(20)30-8-10-31(11-9-30)25-26-14-19(15-27-25)34-16-18-6-4-3-5-7-18;1-26-15-7-13-14(8-16(15)27-2)22-11-23-17(13)24-3-5-25(6-4-24)18-20-9-12(19)10-21-18/h3-7,12-15,17H,8-11,16H2,1-2H3;7-11H,3-6H2,1-2H3. The molecule has 4 aromatic heterocycles. The third-order valence-corrected chi connectivity index (χ3v) is 10.8. The number of methoxy groups -OCH3 is 4. The number of anilines is 4. The van der Waals surface area contributed by atoms with E-state index in [0.717, 1.165) is 102 Å². The maximum Gasteiger partial charge on any atom is 0.225 e. The second-order valence-corrected chi connectivity index (χ2v) is 14.9. The van der Waals surface area contributed by atoms with E-state index >= 15 is 0 Å². The van der Waals surface area contributed by atoms with Gasteiger partial charge >= 0.3 is 0 Å². The van der Waals surface area contributed by atoms with Gasteiger partial charge in [0.1, 0.15) is 30.9 Å². The van der Waals surface area contributed by atoms with Crippen LogP contribution in [0.15, 0.2) is 96.5 Å². The van der Waals surface area contributed by atoms with Crippen molar-refractivity contribution in [3.05, 3.63) is 102 Å². The Bertz CT molecular complexity index is 2540. The molecule has 18 heteroatoms. The molecule has 0 amide bonds. The number of rotatable bonds is 11. The summed E-state index contributed by atoms with van der Waals surface area (Å²) < 4.78 is 28.4. The molecular weight excluding hydrogens is 844 g/mol. The monoisotopic (exact) mass is 888 g/mol. The fourth-order valence-corrected chi connectivity index (χ4v) is 7.44. The number of ether oxygens (including phenoxy) is 5. The SMILES string of the molecule is COc1cc2ncnc(N3CCN(c4ncc(Br)cn4)CC3)c2cc1OC.COc1cc2ncnc(N3CCN(c4ncc(OCc5ccccc5)cn4)CC3)c2cc1OC. The van der Waals surface area contributed by atoms with Crippen LogP contribution in [0.5, 0.6) is 28.7 Å². The van der Waals surface area contributed by atoms with E-state index in [0.29, 0.717) is 41.3 Å². The van der Waals surface area contributed by atoms with E-state index < -0.39 is 0 Å². The summed E-state index contributed by atoms with van der Waals surface area (Å²) in [5.74, 6) is 6.53. The van der Waals surface area contributed by atoms with E-state index in [1.54, 1.807) is 65.9 Å². The van der Waals surface area contributed by atoms with Crippen LogP contribution in [0, 0.1) is 0 Å².